The van der Waals surface area contributed by atoms with Gasteiger partial charge in [0.15, 0.2) is 0 Å². The third-order valence-corrected chi connectivity index (χ3v) is 2.69. The molecule has 2 N–H and O–H groups in total. The van der Waals surface area contributed by atoms with Gasteiger partial charge in [-0.3, -0.25) is 4.79 Å². The molecule has 0 aliphatic rings. The van der Waals surface area contributed by atoms with E-state index < -0.39 is 5.82 Å². The van der Waals surface area contributed by atoms with Crippen molar-refractivity contribution in [1.82, 2.24) is 9.80 Å². The predicted molar refractivity (Wildman–Crippen MR) is 70.9 cm³/mol. The number of rotatable bonds is 5. The van der Waals surface area contributed by atoms with E-state index in [9.17, 15) is 9.18 Å². The predicted octanol–water partition coefficient (Wildman–Crippen LogP) is 1.43. The van der Waals surface area contributed by atoms with Gasteiger partial charge in [-0.25, -0.2) is 4.39 Å². The molecule has 0 fully saturated rings. The van der Waals surface area contributed by atoms with E-state index in [0.29, 0.717) is 12.1 Å². The molecule has 18 heavy (non-hydrogen) atoms. The number of nitrogen functional groups attached to an aromatic ring is 1. The van der Waals surface area contributed by atoms with Crippen LogP contribution in [0.15, 0.2) is 18.2 Å². The standard InChI is InChI=1S/C13H20FN3O/c1-16(2)7-4-8-17(3)13(18)10-5-6-11(14)12(15)9-10/h5-6,9H,4,7-8,15H2,1-3H3. The second-order valence-electron chi connectivity index (χ2n) is 4.62. The van der Waals surface area contributed by atoms with Crippen molar-refractivity contribution in [1.29, 1.82) is 0 Å². The van der Waals surface area contributed by atoms with Gasteiger partial charge < -0.3 is 15.5 Å². The third kappa shape index (κ3) is 4.00. The van der Waals surface area contributed by atoms with Crippen LogP contribution in [0.4, 0.5) is 10.1 Å². The molecule has 0 atom stereocenters. The number of nitrogens with two attached hydrogens (primary N) is 1. The van der Waals surface area contributed by atoms with Crippen LogP contribution >= 0.6 is 0 Å². The number of amides is 1. The minimum atomic E-state index is -0.498. The lowest BCUT2D eigenvalue weighted by atomic mass is 10.1. The molecule has 0 spiro atoms. The first kappa shape index (κ1) is 14.4. The summed E-state index contributed by atoms with van der Waals surface area (Å²) in [4.78, 5) is 15.7. The lowest BCUT2D eigenvalue weighted by Gasteiger charge is -2.18. The average Bonchev–Trinajstić information content (AvgIpc) is 2.31. The van der Waals surface area contributed by atoms with Gasteiger partial charge >= 0.3 is 0 Å². The van der Waals surface area contributed by atoms with E-state index in [2.05, 4.69) is 4.90 Å². The van der Waals surface area contributed by atoms with Gasteiger partial charge in [-0.15, -0.1) is 0 Å². The van der Waals surface area contributed by atoms with Crippen molar-refractivity contribution in [3.8, 4) is 0 Å². The molecule has 1 rings (SSSR count). The molecule has 4 nitrogen and oxygen atoms in total. The van der Waals surface area contributed by atoms with Gasteiger partial charge in [0.1, 0.15) is 5.82 Å². The molecule has 1 aromatic rings. The Hall–Kier alpha value is -1.62. The summed E-state index contributed by atoms with van der Waals surface area (Å²) in [6, 6.07) is 4.05. The van der Waals surface area contributed by atoms with Gasteiger partial charge in [-0.1, -0.05) is 0 Å². The zero-order chi connectivity index (χ0) is 13.7. The molecular formula is C13H20FN3O. The summed E-state index contributed by atoms with van der Waals surface area (Å²) in [6.07, 6.45) is 0.895. The number of hydrogen-bond acceptors (Lipinski definition) is 3. The Morgan fingerprint density at radius 1 is 1.28 bits per heavy atom. The fraction of sp³-hybridized carbons (Fsp3) is 0.462. The lowest BCUT2D eigenvalue weighted by Crippen LogP contribution is -2.29. The van der Waals surface area contributed by atoms with Crippen LogP contribution in [0.5, 0.6) is 0 Å². The highest BCUT2D eigenvalue weighted by atomic mass is 19.1. The summed E-state index contributed by atoms with van der Waals surface area (Å²) in [5.41, 5.74) is 5.87. The van der Waals surface area contributed by atoms with Gasteiger partial charge in [0.05, 0.1) is 5.69 Å². The summed E-state index contributed by atoms with van der Waals surface area (Å²) in [6.45, 7) is 1.58. The Kier molecular flexibility index (Phi) is 5.09. The third-order valence-electron chi connectivity index (χ3n) is 2.69. The zero-order valence-corrected chi connectivity index (χ0v) is 11.1. The fourth-order valence-electron chi connectivity index (χ4n) is 1.62. The van der Waals surface area contributed by atoms with Crippen molar-refractivity contribution in [2.24, 2.45) is 0 Å². The van der Waals surface area contributed by atoms with E-state index in [1.54, 1.807) is 11.9 Å². The minimum Gasteiger partial charge on any atom is -0.396 e. The smallest absolute Gasteiger partial charge is 0.253 e. The van der Waals surface area contributed by atoms with Crippen LogP contribution in [0.3, 0.4) is 0 Å². The lowest BCUT2D eigenvalue weighted by molar-refractivity contribution is 0.0790. The zero-order valence-electron chi connectivity index (χ0n) is 11.1. The summed E-state index contributed by atoms with van der Waals surface area (Å²) in [5, 5.41) is 0. The Labute approximate surface area is 107 Å². The largest absolute Gasteiger partial charge is 0.396 e. The summed E-state index contributed by atoms with van der Waals surface area (Å²) >= 11 is 0. The van der Waals surface area contributed by atoms with Gasteiger partial charge in [-0.2, -0.15) is 0 Å². The van der Waals surface area contributed by atoms with Gasteiger partial charge in [-0.05, 0) is 45.3 Å². The van der Waals surface area contributed by atoms with Crippen molar-refractivity contribution in [2.75, 3.05) is 40.0 Å². The van der Waals surface area contributed by atoms with Crippen LogP contribution < -0.4 is 5.73 Å². The Morgan fingerprint density at radius 3 is 2.50 bits per heavy atom. The van der Waals surface area contributed by atoms with Crippen LogP contribution in [0, 0.1) is 5.82 Å². The normalized spacial score (nSPS) is 10.7. The monoisotopic (exact) mass is 253 g/mol. The van der Waals surface area contributed by atoms with Crippen molar-refractivity contribution in [3.63, 3.8) is 0 Å². The molecule has 0 radical (unpaired) electrons. The average molecular weight is 253 g/mol. The molecule has 1 aromatic carbocycles. The number of anilines is 1. The molecule has 0 aliphatic carbocycles. The van der Waals surface area contributed by atoms with E-state index in [-0.39, 0.29) is 11.6 Å². The van der Waals surface area contributed by atoms with E-state index >= 15 is 0 Å². The first-order chi connectivity index (χ1) is 8.41. The molecule has 0 aromatic heterocycles. The first-order valence-electron chi connectivity index (χ1n) is 5.87. The van der Waals surface area contributed by atoms with E-state index in [0.717, 1.165) is 13.0 Å². The highest BCUT2D eigenvalue weighted by molar-refractivity contribution is 5.94. The van der Waals surface area contributed by atoms with Crippen molar-refractivity contribution < 1.29 is 9.18 Å². The van der Waals surface area contributed by atoms with Crippen molar-refractivity contribution in [3.05, 3.63) is 29.6 Å². The maximum absolute atomic E-state index is 13.0. The summed E-state index contributed by atoms with van der Waals surface area (Å²) < 4.78 is 13.0. The van der Waals surface area contributed by atoms with Gasteiger partial charge in [0.25, 0.3) is 5.91 Å². The first-order valence-corrected chi connectivity index (χ1v) is 5.87. The Bertz CT molecular complexity index is 421. The summed E-state index contributed by atoms with van der Waals surface area (Å²) in [7, 11) is 5.71. The number of halogens is 1. The molecule has 0 unspecified atom stereocenters. The molecule has 0 saturated heterocycles. The topological polar surface area (TPSA) is 49.6 Å². The second-order valence-corrected chi connectivity index (χ2v) is 4.62. The molecule has 0 bridgehead atoms. The van der Waals surface area contributed by atoms with Gasteiger partial charge in [0, 0.05) is 19.2 Å². The maximum atomic E-state index is 13.0. The summed E-state index contributed by atoms with van der Waals surface area (Å²) in [5.74, 6) is -0.637. The van der Waals surface area contributed by atoms with Crippen LogP contribution in [0.25, 0.3) is 0 Å². The fourth-order valence-corrected chi connectivity index (χ4v) is 1.62. The van der Waals surface area contributed by atoms with Crippen LogP contribution in [-0.4, -0.2) is 49.9 Å². The molecule has 0 heterocycles. The van der Waals surface area contributed by atoms with E-state index in [1.165, 1.54) is 18.2 Å². The van der Waals surface area contributed by atoms with Crippen molar-refractivity contribution in [2.45, 2.75) is 6.42 Å². The molecule has 100 valence electrons. The minimum absolute atomic E-state index is 0.00235. The Balaban J connectivity index is 2.60. The van der Waals surface area contributed by atoms with Gasteiger partial charge in [0.2, 0.25) is 0 Å². The number of hydrogen-bond donors (Lipinski definition) is 1. The number of nitrogens with zero attached hydrogens (tertiary/aromatic N) is 2. The Morgan fingerprint density at radius 2 is 1.94 bits per heavy atom. The maximum Gasteiger partial charge on any atom is 0.253 e. The van der Waals surface area contributed by atoms with E-state index in [1.807, 2.05) is 14.1 Å². The second kappa shape index (κ2) is 6.35. The van der Waals surface area contributed by atoms with Crippen LogP contribution in [0.2, 0.25) is 0 Å². The highest BCUT2D eigenvalue weighted by Crippen LogP contribution is 2.13. The van der Waals surface area contributed by atoms with E-state index in [4.69, 9.17) is 5.73 Å². The quantitative estimate of drug-likeness (QED) is 0.808. The number of carbonyl (C=O) groups is 1. The molecular weight excluding hydrogens is 233 g/mol. The van der Waals surface area contributed by atoms with Crippen molar-refractivity contribution >= 4 is 11.6 Å². The molecule has 0 aliphatic heterocycles. The highest BCUT2D eigenvalue weighted by Gasteiger charge is 2.12. The SMILES string of the molecule is CN(C)CCCN(C)C(=O)c1ccc(F)c(N)c1. The number of carbonyl (C=O) groups excluding carboxylic acids is 1. The molecule has 0 saturated carbocycles. The van der Waals surface area contributed by atoms with Crippen LogP contribution in [-0.2, 0) is 0 Å². The molecule has 1 amide bonds. The molecule has 5 heteroatoms. The number of benzene rings is 1. The van der Waals surface area contributed by atoms with Crippen LogP contribution in [0.1, 0.15) is 16.8 Å².